The minimum absolute atomic E-state index is 0.0403. The van der Waals surface area contributed by atoms with Crippen LogP contribution >= 0.6 is 0 Å². The summed E-state index contributed by atoms with van der Waals surface area (Å²) in [5, 5.41) is 4.34. The van der Waals surface area contributed by atoms with Gasteiger partial charge in [0.2, 0.25) is 0 Å². The van der Waals surface area contributed by atoms with Gasteiger partial charge in [-0.1, -0.05) is 12.1 Å². The van der Waals surface area contributed by atoms with E-state index in [-0.39, 0.29) is 22.4 Å². The van der Waals surface area contributed by atoms with Crippen LogP contribution in [0.5, 0.6) is 0 Å². The molecule has 2 aromatic rings. The van der Waals surface area contributed by atoms with Crippen molar-refractivity contribution in [3.8, 4) is 0 Å². The Kier molecular flexibility index (Phi) is 3.46. The molecule has 2 N–H and O–H groups in total. The monoisotopic (exact) mass is 312 g/mol. The summed E-state index contributed by atoms with van der Waals surface area (Å²) >= 11 is 0. The number of carbonyl (C=O) groups excluding carboxylic acids is 4. The Bertz CT molecular complexity index is 876. The van der Waals surface area contributed by atoms with Crippen molar-refractivity contribution in [1.82, 2.24) is 5.32 Å². The third-order valence-electron chi connectivity index (χ3n) is 3.32. The maximum Gasteiger partial charge on any atom is 0.299 e. The Hall–Kier alpha value is -3.35. The smallest absolute Gasteiger partial charge is 0.299 e. The van der Waals surface area contributed by atoms with Gasteiger partial charge in [0, 0.05) is 11.3 Å². The Morgan fingerprint density at radius 2 is 1.70 bits per heavy atom. The molecule has 0 spiro atoms. The molecule has 0 saturated heterocycles. The first-order valence-corrected chi connectivity index (χ1v) is 6.57. The van der Waals surface area contributed by atoms with E-state index >= 15 is 0 Å². The summed E-state index contributed by atoms with van der Waals surface area (Å²) in [4.78, 5) is 46.8. The van der Waals surface area contributed by atoms with Crippen LogP contribution in [0.25, 0.3) is 0 Å². The van der Waals surface area contributed by atoms with Gasteiger partial charge in [0.25, 0.3) is 23.5 Å². The Morgan fingerprint density at radius 3 is 2.43 bits per heavy atom. The quantitative estimate of drug-likeness (QED) is 0.650. The topological polar surface area (TPSA) is 92.3 Å². The molecule has 1 heterocycles. The molecule has 0 radical (unpaired) electrons. The van der Waals surface area contributed by atoms with E-state index in [0.717, 1.165) is 6.07 Å². The van der Waals surface area contributed by atoms with Crippen molar-refractivity contribution in [2.45, 2.75) is 0 Å². The number of hydrogen-bond acceptors (Lipinski definition) is 4. The third kappa shape index (κ3) is 2.59. The summed E-state index contributed by atoms with van der Waals surface area (Å²) in [7, 11) is 0. The van der Waals surface area contributed by atoms with Crippen LogP contribution in [0.15, 0.2) is 42.5 Å². The first-order valence-electron chi connectivity index (χ1n) is 6.57. The molecule has 0 unspecified atom stereocenters. The van der Waals surface area contributed by atoms with Gasteiger partial charge in [-0.25, -0.2) is 4.39 Å². The third-order valence-corrected chi connectivity index (χ3v) is 3.32. The maximum absolute atomic E-state index is 13.6. The van der Waals surface area contributed by atoms with Gasteiger partial charge in [0.1, 0.15) is 5.82 Å². The van der Waals surface area contributed by atoms with Crippen LogP contribution in [0.3, 0.4) is 0 Å². The van der Waals surface area contributed by atoms with E-state index < -0.39 is 29.3 Å². The van der Waals surface area contributed by atoms with E-state index in [9.17, 15) is 23.6 Å². The zero-order valence-electron chi connectivity index (χ0n) is 11.6. The van der Waals surface area contributed by atoms with Crippen LogP contribution < -0.4 is 10.6 Å². The van der Waals surface area contributed by atoms with Crippen molar-refractivity contribution in [2.75, 3.05) is 5.32 Å². The Morgan fingerprint density at radius 1 is 0.957 bits per heavy atom. The molecule has 0 aromatic heterocycles. The summed E-state index contributed by atoms with van der Waals surface area (Å²) in [5.41, 5.74) is -0.0539. The lowest BCUT2D eigenvalue weighted by Gasteiger charge is -2.15. The molecule has 1 aliphatic rings. The molecule has 0 fully saturated rings. The van der Waals surface area contributed by atoms with Crippen LogP contribution in [-0.2, 0) is 4.79 Å². The highest BCUT2D eigenvalue weighted by molar-refractivity contribution is 6.49. The van der Waals surface area contributed by atoms with Gasteiger partial charge < -0.3 is 5.32 Å². The van der Waals surface area contributed by atoms with Crippen LogP contribution in [0.2, 0.25) is 0 Å². The largest absolute Gasteiger partial charge is 0.322 e. The lowest BCUT2D eigenvalue weighted by atomic mass is 9.98. The second-order valence-corrected chi connectivity index (χ2v) is 4.81. The number of imide groups is 1. The molecule has 0 bridgehead atoms. The normalized spacial score (nSPS) is 13.3. The first kappa shape index (κ1) is 14.6. The highest BCUT2D eigenvalue weighted by atomic mass is 19.1. The van der Waals surface area contributed by atoms with Crippen LogP contribution in [0.4, 0.5) is 10.1 Å². The van der Waals surface area contributed by atoms with E-state index in [2.05, 4.69) is 5.32 Å². The van der Waals surface area contributed by atoms with E-state index in [1.54, 1.807) is 0 Å². The summed E-state index contributed by atoms with van der Waals surface area (Å²) in [6, 6.07) is 9.34. The van der Waals surface area contributed by atoms with Crippen molar-refractivity contribution >= 4 is 29.2 Å². The summed E-state index contributed by atoms with van der Waals surface area (Å²) < 4.78 is 13.6. The number of Topliss-reactive ketones (excluding diaryl/α,β-unsaturated/α-hetero) is 1. The predicted octanol–water partition coefficient (Wildman–Crippen LogP) is 1.53. The number of nitrogens with one attached hydrogen (secondary N) is 2. The molecule has 7 heteroatoms. The Balaban J connectivity index is 1.92. The highest BCUT2D eigenvalue weighted by Crippen LogP contribution is 2.20. The van der Waals surface area contributed by atoms with Crippen LogP contribution in [-0.4, -0.2) is 23.5 Å². The highest BCUT2D eigenvalue weighted by Gasteiger charge is 2.30. The Labute approximate surface area is 129 Å². The molecule has 3 rings (SSSR count). The van der Waals surface area contributed by atoms with Gasteiger partial charge in [-0.05, 0) is 30.3 Å². The van der Waals surface area contributed by atoms with E-state index in [1.165, 1.54) is 36.4 Å². The molecule has 114 valence electrons. The second-order valence-electron chi connectivity index (χ2n) is 4.81. The van der Waals surface area contributed by atoms with E-state index in [1.807, 2.05) is 5.32 Å². The molecule has 3 amide bonds. The van der Waals surface area contributed by atoms with E-state index in [4.69, 9.17) is 0 Å². The molecule has 0 atom stereocenters. The fourth-order valence-electron chi connectivity index (χ4n) is 2.20. The minimum Gasteiger partial charge on any atom is -0.322 e. The minimum atomic E-state index is -1.03. The number of rotatable bonds is 2. The fraction of sp³-hybridized carbons (Fsp3) is 0. The van der Waals surface area contributed by atoms with Gasteiger partial charge in [-0.2, -0.15) is 0 Å². The number of hydrogen-bond donors (Lipinski definition) is 2. The molecular weight excluding hydrogens is 303 g/mol. The zero-order valence-corrected chi connectivity index (χ0v) is 11.6. The summed E-state index contributed by atoms with van der Waals surface area (Å²) in [6.07, 6.45) is 0. The molecule has 2 aromatic carbocycles. The van der Waals surface area contributed by atoms with Crippen LogP contribution in [0, 0.1) is 5.82 Å². The number of fused-ring (bicyclic) bond motifs is 1. The fourth-order valence-corrected chi connectivity index (χ4v) is 2.20. The number of benzene rings is 2. The van der Waals surface area contributed by atoms with Gasteiger partial charge in [0.15, 0.2) is 0 Å². The van der Waals surface area contributed by atoms with Crippen molar-refractivity contribution in [3.05, 3.63) is 65.0 Å². The number of carbonyl (C=O) groups is 4. The molecule has 6 nitrogen and oxygen atoms in total. The van der Waals surface area contributed by atoms with Crippen LogP contribution in [0.1, 0.15) is 31.1 Å². The SMILES string of the molecule is O=C1NC(=O)c2ccc(NC(=O)c3ccccc3F)cc2C1=O. The molecule has 1 aliphatic heterocycles. The summed E-state index contributed by atoms with van der Waals surface area (Å²) in [6.45, 7) is 0. The molecule has 23 heavy (non-hydrogen) atoms. The molecular formula is C16H9FN2O4. The van der Waals surface area contributed by atoms with Crippen molar-refractivity contribution in [3.63, 3.8) is 0 Å². The molecule has 0 aliphatic carbocycles. The van der Waals surface area contributed by atoms with Gasteiger partial charge in [-0.3, -0.25) is 24.5 Å². The maximum atomic E-state index is 13.6. The van der Waals surface area contributed by atoms with Crippen molar-refractivity contribution in [1.29, 1.82) is 0 Å². The number of ketones is 1. The average Bonchev–Trinajstić information content (AvgIpc) is 2.53. The van der Waals surface area contributed by atoms with E-state index in [0.29, 0.717) is 0 Å². The standard InChI is InChI=1S/C16H9FN2O4/c17-12-4-2-1-3-10(12)15(22)18-8-5-6-9-11(7-8)13(20)16(23)19-14(9)21/h1-7H,(H,18,22)(H,19,21,23). The van der Waals surface area contributed by atoms with Crippen molar-refractivity contribution < 1.29 is 23.6 Å². The lowest BCUT2D eigenvalue weighted by Crippen LogP contribution is -2.42. The zero-order chi connectivity index (χ0) is 16.6. The second kappa shape index (κ2) is 5.45. The number of amides is 3. The lowest BCUT2D eigenvalue weighted by molar-refractivity contribution is -0.116. The predicted molar refractivity (Wildman–Crippen MR) is 77.6 cm³/mol. The molecule has 0 saturated carbocycles. The van der Waals surface area contributed by atoms with Gasteiger partial charge in [-0.15, -0.1) is 0 Å². The summed E-state index contributed by atoms with van der Waals surface area (Å²) in [5.74, 6) is -3.98. The first-order chi connectivity index (χ1) is 11.0. The van der Waals surface area contributed by atoms with Gasteiger partial charge in [0.05, 0.1) is 11.1 Å². The number of anilines is 1. The average molecular weight is 312 g/mol. The van der Waals surface area contributed by atoms with Gasteiger partial charge >= 0.3 is 0 Å². The van der Waals surface area contributed by atoms with Crippen molar-refractivity contribution in [2.24, 2.45) is 0 Å². The number of halogens is 1.